The lowest BCUT2D eigenvalue weighted by atomic mass is 10.1. The Morgan fingerprint density at radius 3 is 2.80 bits per heavy atom. The molecule has 1 aliphatic heterocycles. The fourth-order valence-electron chi connectivity index (χ4n) is 3.04. The van der Waals surface area contributed by atoms with Crippen molar-refractivity contribution in [2.75, 3.05) is 26.2 Å². The lowest BCUT2D eigenvalue weighted by molar-refractivity contribution is -0.128. The molecule has 25 heavy (non-hydrogen) atoms. The van der Waals surface area contributed by atoms with Gasteiger partial charge >= 0.3 is 0 Å². The highest BCUT2D eigenvalue weighted by molar-refractivity contribution is 5.87. The van der Waals surface area contributed by atoms with Gasteiger partial charge in [0.05, 0.1) is 18.6 Å². The Morgan fingerprint density at radius 2 is 2.00 bits per heavy atom. The van der Waals surface area contributed by atoms with Gasteiger partial charge in [0.25, 0.3) is 0 Å². The number of aromatic nitrogens is 1. The zero-order valence-corrected chi connectivity index (χ0v) is 14.7. The third-order valence-corrected chi connectivity index (χ3v) is 4.33. The van der Waals surface area contributed by atoms with Crippen LogP contribution in [0.25, 0.3) is 10.9 Å². The molecule has 1 aromatic carbocycles. The minimum Gasteiger partial charge on any atom is -0.357 e. The number of aliphatic imine (C=N–C) groups is 1. The number of amides is 1. The van der Waals surface area contributed by atoms with E-state index < -0.39 is 0 Å². The zero-order valence-electron chi connectivity index (χ0n) is 14.7. The maximum absolute atomic E-state index is 12.2. The standard InChI is InChI=1S/C19H25N5O/c1-2-20-19(23-14-17(25)24-11-3-4-12-24)22-13-16-8-5-7-15-9-6-10-21-18(15)16/h5-10H,2-4,11-14H2,1H3,(H2,20,22,23). The Morgan fingerprint density at radius 1 is 1.20 bits per heavy atom. The van der Waals surface area contributed by atoms with E-state index in [1.54, 1.807) is 6.20 Å². The third-order valence-electron chi connectivity index (χ3n) is 4.33. The lowest BCUT2D eigenvalue weighted by Gasteiger charge is -2.17. The molecule has 2 N–H and O–H groups in total. The van der Waals surface area contributed by atoms with Gasteiger partial charge in [-0.25, -0.2) is 4.99 Å². The summed E-state index contributed by atoms with van der Waals surface area (Å²) in [4.78, 5) is 23.2. The van der Waals surface area contributed by atoms with Gasteiger partial charge in [0, 0.05) is 31.2 Å². The number of hydrogen-bond acceptors (Lipinski definition) is 3. The first-order valence-corrected chi connectivity index (χ1v) is 8.90. The second kappa shape index (κ2) is 8.46. The topological polar surface area (TPSA) is 69.6 Å². The molecule has 0 atom stereocenters. The van der Waals surface area contributed by atoms with Crippen LogP contribution in [-0.2, 0) is 11.3 Å². The Bertz CT molecular complexity index is 747. The van der Waals surface area contributed by atoms with Gasteiger partial charge in [-0.1, -0.05) is 24.3 Å². The second-order valence-corrected chi connectivity index (χ2v) is 6.13. The predicted octanol–water partition coefficient (Wildman–Crippen LogP) is 1.91. The average molecular weight is 339 g/mol. The minimum absolute atomic E-state index is 0.134. The normalized spacial score (nSPS) is 14.8. The summed E-state index contributed by atoms with van der Waals surface area (Å²) in [6.45, 7) is 5.30. The molecule has 0 aliphatic carbocycles. The van der Waals surface area contributed by atoms with Crippen molar-refractivity contribution in [3.05, 3.63) is 42.1 Å². The van der Waals surface area contributed by atoms with Gasteiger partial charge in [0.15, 0.2) is 5.96 Å². The molecule has 0 unspecified atom stereocenters. The van der Waals surface area contributed by atoms with Gasteiger partial charge < -0.3 is 15.5 Å². The maximum atomic E-state index is 12.2. The van der Waals surface area contributed by atoms with E-state index in [1.165, 1.54) is 0 Å². The monoisotopic (exact) mass is 339 g/mol. The number of fused-ring (bicyclic) bond motifs is 1. The number of carbonyl (C=O) groups excluding carboxylic acids is 1. The molecule has 1 aliphatic rings. The van der Waals surface area contributed by atoms with Crippen LogP contribution in [0.3, 0.4) is 0 Å². The summed E-state index contributed by atoms with van der Waals surface area (Å²) in [5.41, 5.74) is 2.04. The number of para-hydroxylation sites is 1. The van der Waals surface area contributed by atoms with Crippen molar-refractivity contribution in [1.29, 1.82) is 0 Å². The van der Waals surface area contributed by atoms with Crippen LogP contribution >= 0.6 is 0 Å². The molecule has 6 nitrogen and oxygen atoms in total. The first-order chi connectivity index (χ1) is 12.3. The number of likely N-dealkylation sites (tertiary alicyclic amines) is 1. The van der Waals surface area contributed by atoms with Gasteiger partial charge in [-0.2, -0.15) is 0 Å². The highest BCUT2D eigenvalue weighted by Crippen LogP contribution is 2.16. The summed E-state index contributed by atoms with van der Waals surface area (Å²) in [6, 6.07) is 10.1. The lowest BCUT2D eigenvalue weighted by Crippen LogP contribution is -2.44. The van der Waals surface area contributed by atoms with Crippen LogP contribution in [0.4, 0.5) is 0 Å². The van der Waals surface area contributed by atoms with E-state index >= 15 is 0 Å². The number of nitrogens with one attached hydrogen (secondary N) is 2. The van der Waals surface area contributed by atoms with Crippen LogP contribution in [0.5, 0.6) is 0 Å². The maximum Gasteiger partial charge on any atom is 0.241 e. The van der Waals surface area contributed by atoms with E-state index in [0.717, 1.165) is 48.9 Å². The summed E-state index contributed by atoms with van der Waals surface area (Å²) >= 11 is 0. The highest BCUT2D eigenvalue weighted by Gasteiger charge is 2.17. The van der Waals surface area contributed by atoms with Crippen molar-refractivity contribution in [3.63, 3.8) is 0 Å². The molecule has 0 bridgehead atoms. The van der Waals surface area contributed by atoms with Crippen LogP contribution < -0.4 is 10.6 Å². The summed E-state index contributed by atoms with van der Waals surface area (Å²) < 4.78 is 0. The highest BCUT2D eigenvalue weighted by atomic mass is 16.2. The summed E-state index contributed by atoms with van der Waals surface area (Å²) in [7, 11) is 0. The first-order valence-electron chi connectivity index (χ1n) is 8.90. The number of pyridine rings is 1. The molecular weight excluding hydrogens is 314 g/mol. The molecule has 2 aromatic rings. The van der Waals surface area contributed by atoms with Crippen molar-refractivity contribution in [2.45, 2.75) is 26.3 Å². The average Bonchev–Trinajstić information content (AvgIpc) is 3.18. The molecule has 1 amide bonds. The fourth-order valence-corrected chi connectivity index (χ4v) is 3.04. The molecule has 2 heterocycles. The van der Waals surface area contributed by atoms with Crippen LogP contribution in [0.15, 0.2) is 41.5 Å². The fraction of sp³-hybridized carbons (Fsp3) is 0.421. The van der Waals surface area contributed by atoms with Gasteiger partial charge in [-0.05, 0) is 31.4 Å². The summed E-state index contributed by atoms with van der Waals surface area (Å²) in [5.74, 6) is 0.790. The van der Waals surface area contributed by atoms with Gasteiger partial charge in [-0.15, -0.1) is 0 Å². The van der Waals surface area contributed by atoms with Crippen molar-refractivity contribution < 1.29 is 4.79 Å². The quantitative estimate of drug-likeness (QED) is 0.645. The Kier molecular flexibility index (Phi) is 5.82. The smallest absolute Gasteiger partial charge is 0.241 e. The SMILES string of the molecule is CCNC(=NCc1cccc2cccnc12)NCC(=O)N1CCCC1. The number of benzene rings is 1. The van der Waals surface area contributed by atoms with Crippen LogP contribution in [0.1, 0.15) is 25.3 Å². The first kappa shape index (κ1) is 17.2. The van der Waals surface area contributed by atoms with Crippen molar-refractivity contribution >= 4 is 22.8 Å². The van der Waals surface area contributed by atoms with Crippen molar-refractivity contribution in [3.8, 4) is 0 Å². The second-order valence-electron chi connectivity index (χ2n) is 6.13. The third kappa shape index (κ3) is 4.47. The molecule has 1 saturated heterocycles. The van der Waals surface area contributed by atoms with E-state index in [-0.39, 0.29) is 12.5 Å². The molecule has 0 radical (unpaired) electrons. The number of rotatable bonds is 5. The van der Waals surface area contributed by atoms with Crippen molar-refractivity contribution in [2.24, 2.45) is 4.99 Å². The van der Waals surface area contributed by atoms with E-state index in [4.69, 9.17) is 0 Å². The van der Waals surface area contributed by atoms with Crippen LogP contribution in [-0.4, -0.2) is 47.9 Å². The summed E-state index contributed by atoms with van der Waals surface area (Å²) in [6.07, 6.45) is 4.01. The molecule has 0 saturated carbocycles. The zero-order chi connectivity index (χ0) is 17.5. The largest absolute Gasteiger partial charge is 0.357 e. The molecule has 3 rings (SSSR count). The molecule has 132 valence electrons. The van der Waals surface area contributed by atoms with E-state index in [1.807, 2.05) is 42.2 Å². The molecular formula is C19H25N5O. The van der Waals surface area contributed by atoms with Crippen molar-refractivity contribution in [1.82, 2.24) is 20.5 Å². The van der Waals surface area contributed by atoms with Gasteiger partial charge in [0.1, 0.15) is 0 Å². The summed E-state index contributed by atoms with van der Waals surface area (Å²) in [5, 5.41) is 7.45. The van der Waals surface area contributed by atoms with E-state index in [0.29, 0.717) is 12.5 Å². The van der Waals surface area contributed by atoms with Gasteiger partial charge in [0.2, 0.25) is 5.91 Å². The molecule has 1 aromatic heterocycles. The number of nitrogens with zero attached hydrogens (tertiary/aromatic N) is 3. The molecule has 1 fully saturated rings. The minimum atomic E-state index is 0.134. The van der Waals surface area contributed by atoms with E-state index in [2.05, 4.69) is 20.6 Å². The predicted molar refractivity (Wildman–Crippen MR) is 100 cm³/mol. The van der Waals surface area contributed by atoms with E-state index in [9.17, 15) is 4.79 Å². The number of guanidine groups is 1. The number of hydrogen-bond donors (Lipinski definition) is 2. The molecule has 0 spiro atoms. The Balaban J connectivity index is 1.66. The van der Waals surface area contributed by atoms with Crippen LogP contribution in [0, 0.1) is 0 Å². The van der Waals surface area contributed by atoms with Crippen LogP contribution in [0.2, 0.25) is 0 Å². The Hall–Kier alpha value is -2.63. The number of carbonyl (C=O) groups is 1. The van der Waals surface area contributed by atoms with Gasteiger partial charge in [-0.3, -0.25) is 9.78 Å². The Labute approximate surface area is 148 Å². The molecule has 6 heteroatoms.